The predicted octanol–water partition coefficient (Wildman–Crippen LogP) is 2.83. The van der Waals surface area contributed by atoms with E-state index < -0.39 is 5.54 Å². The Morgan fingerprint density at radius 1 is 1.28 bits per heavy atom. The first-order valence-electron chi connectivity index (χ1n) is 7.85. The fourth-order valence-electron chi connectivity index (χ4n) is 2.38. The van der Waals surface area contributed by atoms with E-state index in [4.69, 9.17) is 17.0 Å². The SMILES string of the molecule is N=CC1(NC(=O)c2cc(NC(=O)Cc3ccccc3Cl)ccn2)CC1. The molecule has 0 aliphatic heterocycles. The number of nitrogens with zero attached hydrogens (tertiary/aromatic N) is 1. The Balaban J connectivity index is 1.65. The van der Waals surface area contributed by atoms with Crippen LogP contribution in [0.1, 0.15) is 28.9 Å². The van der Waals surface area contributed by atoms with Gasteiger partial charge in [0.15, 0.2) is 0 Å². The van der Waals surface area contributed by atoms with Crippen molar-refractivity contribution in [3.8, 4) is 0 Å². The summed E-state index contributed by atoms with van der Waals surface area (Å²) in [5.74, 6) is -0.591. The summed E-state index contributed by atoms with van der Waals surface area (Å²) in [6.07, 6.45) is 4.37. The highest BCUT2D eigenvalue weighted by molar-refractivity contribution is 6.31. The van der Waals surface area contributed by atoms with Crippen molar-refractivity contribution in [1.29, 1.82) is 5.41 Å². The Kier molecular flexibility index (Phi) is 4.81. The molecule has 128 valence electrons. The fourth-order valence-corrected chi connectivity index (χ4v) is 2.59. The number of nitrogens with one attached hydrogen (secondary N) is 3. The molecular formula is C18H17ClN4O2. The molecule has 1 fully saturated rings. The van der Waals surface area contributed by atoms with Crippen LogP contribution in [0.3, 0.4) is 0 Å². The van der Waals surface area contributed by atoms with Crippen LogP contribution in [0.15, 0.2) is 42.6 Å². The molecule has 0 saturated heterocycles. The highest BCUT2D eigenvalue weighted by Gasteiger charge is 2.42. The molecule has 25 heavy (non-hydrogen) atoms. The van der Waals surface area contributed by atoms with Gasteiger partial charge in [-0.15, -0.1) is 0 Å². The largest absolute Gasteiger partial charge is 0.340 e. The summed E-state index contributed by atoms with van der Waals surface area (Å²) in [7, 11) is 0. The minimum atomic E-state index is -0.526. The van der Waals surface area contributed by atoms with Crippen LogP contribution in [0.4, 0.5) is 5.69 Å². The van der Waals surface area contributed by atoms with Crippen molar-refractivity contribution in [3.05, 3.63) is 58.9 Å². The van der Waals surface area contributed by atoms with Crippen LogP contribution < -0.4 is 10.6 Å². The summed E-state index contributed by atoms with van der Waals surface area (Å²) >= 11 is 6.06. The van der Waals surface area contributed by atoms with E-state index >= 15 is 0 Å². The minimum Gasteiger partial charge on any atom is -0.340 e. The molecule has 1 heterocycles. The lowest BCUT2D eigenvalue weighted by atomic mass is 10.1. The lowest BCUT2D eigenvalue weighted by Gasteiger charge is -2.12. The monoisotopic (exact) mass is 356 g/mol. The number of carbonyl (C=O) groups is 2. The maximum atomic E-state index is 12.2. The number of halogens is 1. The number of aromatic nitrogens is 1. The number of anilines is 1. The van der Waals surface area contributed by atoms with Gasteiger partial charge in [0.2, 0.25) is 5.91 Å². The van der Waals surface area contributed by atoms with Crippen molar-refractivity contribution in [2.75, 3.05) is 5.32 Å². The van der Waals surface area contributed by atoms with Crippen LogP contribution in [-0.2, 0) is 11.2 Å². The molecular weight excluding hydrogens is 340 g/mol. The number of rotatable bonds is 6. The van der Waals surface area contributed by atoms with Gasteiger partial charge in [-0.1, -0.05) is 29.8 Å². The van der Waals surface area contributed by atoms with Gasteiger partial charge in [0.25, 0.3) is 5.91 Å². The second kappa shape index (κ2) is 7.03. The molecule has 7 heteroatoms. The van der Waals surface area contributed by atoms with E-state index in [-0.39, 0.29) is 23.9 Å². The number of amides is 2. The molecule has 1 aromatic heterocycles. The summed E-state index contributed by atoms with van der Waals surface area (Å²) in [6, 6.07) is 10.3. The van der Waals surface area contributed by atoms with Crippen LogP contribution in [-0.4, -0.2) is 28.6 Å². The van der Waals surface area contributed by atoms with E-state index in [0.717, 1.165) is 18.4 Å². The number of hydrogen-bond donors (Lipinski definition) is 3. The molecule has 1 aromatic carbocycles. The maximum absolute atomic E-state index is 12.2. The van der Waals surface area contributed by atoms with Crippen molar-refractivity contribution >= 4 is 35.3 Å². The van der Waals surface area contributed by atoms with Crippen molar-refractivity contribution in [2.45, 2.75) is 24.8 Å². The zero-order valence-corrected chi connectivity index (χ0v) is 14.1. The third-order valence-electron chi connectivity index (χ3n) is 4.01. The molecule has 3 N–H and O–H groups in total. The Morgan fingerprint density at radius 2 is 2.04 bits per heavy atom. The maximum Gasteiger partial charge on any atom is 0.270 e. The van der Waals surface area contributed by atoms with Gasteiger partial charge in [-0.25, -0.2) is 0 Å². The van der Waals surface area contributed by atoms with E-state index in [1.54, 1.807) is 24.3 Å². The Morgan fingerprint density at radius 3 is 2.72 bits per heavy atom. The van der Waals surface area contributed by atoms with Gasteiger partial charge in [0.05, 0.1) is 12.0 Å². The van der Waals surface area contributed by atoms with Gasteiger partial charge in [-0.05, 0) is 36.6 Å². The molecule has 1 saturated carbocycles. The first-order chi connectivity index (χ1) is 12.0. The molecule has 1 aliphatic rings. The molecule has 0 atom stereocenters. The lowest BCUT2D eigenvalue weighted by molar-refractivity contribution is -0.115. The Labute approximate surface area is 150 Å². The highest BCUT2D eigenvalue weighted by atomic mass is 35.5. The van der Waals surface area contributed by atoms with Crippen LogP contribution in [0.25, 0.3) is 0 Å². The van der Waals surface area contributed by atoms with Gasteiger partial charge in [-0.2, -0.15) is 0 Å². The van der Waals surface area contributed by atoms with Gasteiger partial charge >= 0.3 is 0 Å². The molecule has 2 aromatic rings. The molecule has 0 unspecified atom stereocenters. The predicted molar refractivity (Wildman–Crippen MR) is 96.2 cm³/mol. The smallest absolute Gasteiger partial charge is 0.270 e. The Bertz CT molecular complexity index is 833. The average Bonchev–Trinajstić information content (AvgIpc) is 3.37. The molecule has 0 radical (unpaired) electrons. The highest BCUT2D eigenvalue weighted by Crippen LogP contribution is 2.33. The standard InChI is InChI=1S/C18H17ClN4O2/c19-14-4-2-1-3-12(14)9-16(24)22-13-5-8-21-15(10-13)17(25)23-18(11-20)6-7-18/h1-5,8,10-11,20H,6-7,9H2,(H,23,25)(H,21,22,24). The normalized spacial score (nSPS) is 14.4. The average molecular weight is 357 g/mol. The fraction of sp³-hybridized carbons (Fsp3) is 0.222. The molecule has 0 bridgehead atoms. The van der Waals surface area contributed by atoms with Crippen LogP contribution in [0.5, 0.6) is 0 Å². The molecule has 2 amide bonds. The first kappa shape index (κ1) is 17.1. The van der Waals surface area contributed by atoms with Crippen molar-refractivity contribution in [1.82, 2.24) is 10.3 Å². The number of carbonyl (C=O) groups excluding carboxylic acids is 2. The zero-order chi connectivity index (χ0) is 17.9. The molecule has 1 aliphatic carbocycles. The first-order valence-corrected chi connectivity index (χ1v) is 8.23. The van der Waals surface area contributed by atoms with E-state index in [0.29, 0.717) is 10.7 Å². The number of benzene rings is 1. The second-order valence-corrected chi connectivity index (χ2v) is 6.41. The topological polar surface area (TPSA) is 94.9 Å². The third kappa shape index (κ3) is 4.22. The lowest BCUT2D eigenvalue weighted by Crippen LogP contribution is -2.38. The molecule has 3 rings (SSSR count). The second-order valence-electron chi connectivity index (χ2n) is 6.00. The third-order valence-corrected chi connectivity index (χ3v) is 4.38. The number of pyridine rings is 1. The van der Waals surface area contributed by atoms with Gasteiger partial charge in [0, 0.05) is 23.1 Å². The summed E-state index contributed by atoms with van der Waals surface area (Å²) in [4.78, 5) is 28.4. The summed E-state index contributed by atoms with van der Waals surface area (Å²) < 4.78 is 0. The van der Waals surface area contributed by atoms with E-state index in [9.17, 15) is 9.59 Å². The zero-order valence-electron chi connectivity index (χ0n) is 13.4. The van der Waals surface area contributed by atoms with Gasteiger partial charge in [-0.3, -0.25) is 14.6 Å². The van der Waals surface area contributed by atoms with E-state index in [1.807, 2.05) is 6.07 Å². The summed E-state index contributed by atoms with van der Waals surface area (Å²) in [5, 5.41) is 13.4. The van der Waals surface area contributed by atoms with Gasteiger partial charge in [0.1, 0.15) is 5.69 Å². The van der Waals surface area contributed by atoms with Crippen molar-refractivity contribution < 1.29 is 9.59 Å². The molecule has 6 nitrogen and oxygen atoms in total. The number of hydrogen-bond acceptors (Lipinski definition) is 4. The van der Waals surface area contributed by atoms with Gasteiger partial charge < -0.3 is 16.0 Å². The molecule has 0 spiro atoms. The van der Waals surface area contributed by atoms with Crippen molar-refractivity contribution in [2.24, 2.45) is 0 Å². The van der Waals surface area contributed by atoms with Crippen LogP contribution >= 0.6 is 11.6 Å². The minimum absolute atomic E-state index is 0.139. The van der Waals surface area contributed by atoms with Crippen LogP contribution in [0.2, 0.25) is 5.02 Å². The van der Waals surface area contributed by atoms with Crippen LogP contribution in [0, 0.1) is 5.41 Å². The Hall–Kier alpha value is -2.73. The summed E-state index contributed by atoms with van der Waals surface area (Å²) in [6.45, 7) is 0. The quantitative estimate of drug-likeness (QED) is 0.694. The van der Waals surface area contributed by atoms with Crippen molar-refractivity contribution in [3.63, 3.8) is 0 Å². The van der Waals surface area contributed by atoms with E-state index in [2.05, 4.69) is 15.6 Å². The summed E-state index contributed by atoms with van der Waals surface area (Å²) in [5.41, 5.74) is 0.887. The van der Waals surface area contributed by atoms with E-state index in [1.165, 1.54) is 18.5 Å².